The van der Waals surface area contributed by atoms with E-state index < -0.39 is 11.9 Å². The number of rotatable bonds is 5. The third-order valence-electron chi connectivity index (χ3n) is 3.47. The lowest BCUT2D eigenvalue weighted by atomic mass is 10.3. The van der Waals surface area contributed by atoms with Crippen molar-refractivity contribution >= 4 is 60.7 Å². The number of nitrogens with zero attached hydrogens (tertiary/aromatic N) is 3. The van der Waals surface area contributed by atoms with E-state index in [2.05, 4.69) is 25.9 Å². The van der Waals surface area contributed by atoms with Crippen molar-refractivity contribution in [3.8, 4) is 0 Å². The lowest BCUT2D eigenvalue weighted by Gasteiger charge is -2.19. The van der Waals surface area contributed by atoms with Gasteiger partial charge >= 0.3 is 5.97 Å². The van der Waals surface area contributed by atoms with E-state index in [-0.39, 0.29) is 13.0 Å². The molecule has 1 amide bonds. The molecule has 0 aliphatic rings. The first-order valence-electron chi connectivity index (χ1n) is 7.98. The Morgan fingerprint density at radius 3 is 2.65 bits per heavy atom. The fraction of sp³-hybridized carbons (Fsp3) is 0.294. The Morgan fingerprint density at radius 2 is 2.00 bits per heavy atom. The average molecular weight is 454 g/mol. The predicted molar refractivity (Wildman–Crippen MR) is 105 cm³/mol. The number of fused-ring (bicyclic) bond motifs is 1. The molecule has 136 valence electrons. The Kier molecular flexibility index (Phi) is 6.00. The number of halogens is 1. The van der Waals surface area contributed by atoms with E-state index in [1.54, 1.807) is 6.92 Å². The van der Waals surface area contributed by atoms with Crippen molar-refractivity contribution in [2.75, 3.05) is 0 Å². The van der Waals surface area contributed by atoms with Crippen molar-refractivity contribution in [3.05, 3.63) is 43.8 Å². The highest BCUT2D eigenvalue weighted by atomic mass is 79.9. The second kappa shape index (κ2) is 8.24. The van der Waals surface area contributed by atoms with Gasteiger partial charge in [-0.25, -0.2) is 14.8 Å². The third-order valence-corrected chi connectivity index (χ3v) is 6.09. The number of benzene rings is 1. The van der Waals surface area contributed by atoms with Crippen LogP contribution in [0.2, 0.25) is 0 Å². The summed E-state index contributed by atoms with van der Waals surface area (Å²) in [5.74, 6) is -0.836. The van der Waals surface area contributed by atoms with Crippen molar-refractivity contribution < 1.29 is 14.4 Å². The molecular weight excluding hydrogens is 438 g/mol. The first kappa shape index (κ1) is 18.9. The van der Waals surface area contributed by atoms with E-state index in [1.807, 2.05) is 31.2 Å². The maximum atomic E-state index is 12.9. The number of hydrogen-bond acceptors (Lipinski definition) is 7. The third kappa shape index (κ3) is 4.28. The van der Waals surface area contributed by atoms with Crippen LogP contribution in [0.3, 0.4) is 0 Å². The zero-order valence-corrected chi connectivity index (χ0v) is 17.4. The van der Waals surface area contributed by atoms with E-state index in [0.29, 0.717) is 25.9 Å². The molecule has 0 aliphatic carbocycles. The maximum absolute atomic E-state index is 12.9. The highest BCUT2D eigenvalue weighted by Gasteiger charge is 2.26. The van der Waals surface area contributed by atoms with Crippen LogP contribution in [0, 0.1) is 6.92 Å². The van der Waals surface area contributed by atoms with Crippen LogP contribution in [0.25, 0.3) is 10.2 Å². The molecule has 3 aromatic rings. The molecule has 0 spiro atoms. The minimum absolute atomic E-state index is 0.0998. The van der Waals surface area contributed by atoms with Crippen LogP contribution in [-0.4, -0.2) is 26.9 Å². The van der Waals surface area contributed by atoms with E-state index in [4.69, 9.17) is 4.84 Å². The molecule has 2 heterocycles. The van der Waals surface area contributed by atoms with Crippen molar-refractivity contribution in [1.29, 1.82) is 0 Å². The van der Waals surface area contributed by atoms with Gasteiger partial charge in [-0.2, -0.15) is 5.06 Å². The topological polar surface area (TPSA) is 72.4 Å². The Bertz CT molecular complexity index is 921. The van der Waals surface area contributed by atoms with Crippen molar-refractivity contribution in [3.63, 3.8) is 0 Å². The summed E-state index contributed by atoms with van der Waals surface area (Å²) in [6.45, 7) is 3.73. The van der Waals surface area contributed by atoms with Crippen LogP contribution in [-0.2, 0) is 16.2 Å². The van der Waals surface area contributed by atoms with Gasteiger partial charge in [0.25, 0.3) is 5.91 Å². The molecule has 0 atom stereocenters. The van der Waals surface area contributed by atoms with Gasteiger partial charge in [-0.05, 0) is 41.4 Å². The van der Waals surface area contributed by atoms with Gasteiger partial charge in [0, 0.05) is 6.42 Å². The number of aromatic nitrogens is 2. The Balaban J connectivity index is 1.88. The predicted octanol–water partition coefficient (Wildman–Crippen LogP) is 4.72. The smallest absolute Gasteiger partial charge is 0.332 e. The highest BCUT2D eigenvalue weighted by Crippen LogP contribution is 2.27. The van der Waals surface area contributed by atoms with Gasteiger partial charge in [-0.15, -0.1) is 22.7 Å². The van der Waals surface area contributed by atoms with Gasteiger partial charge < -0.3 is 4.84 Å². The SMILES string of the molecule is CCCC(=O)ON(Cc1nc2ccccc2s1)C(=O)c1sc(Br)nc1C. The largest absolute Gasteiger partial charge is 0.337 e. The number of hydrogen-bond donors (Lipinski definition) is 0. The molecule has 0 saturated carbocycles. The highest BCUT2D eigenvalue weighted by molar-refractivity contribution is 9.11. The van der Waals surface area contributed by atoms with E-state index in [0.717, 1.165) is 15.3 Å². The van der Waals surface area contributed by atoms with Gasteiger partial charge in [0.2, 0.25) is 0 Å². The second-order valence-corrected chi connectivity index (χ2v) is 8.90. The molecule has 2 aromatic heterocycles. The molecule has 0 bridgehead atoms. The molecule has 0 radical (unpaired) electrons. The first-order valence-corrected chi connectivity index (χ1v) is 10.4. The van der Waals surface area contributed by atoms with Gasteiger partial charge in [-0.3, -0.25) is 4.79 Å². The van der Waals surface area contributed by atoms with Gasteiger partial charge in [0.05, 0.1) is 15.9 Å². The van der Waals surface area contributed by atoms with Crippen LogP contribution in [0.5, 0.6) is 0 Å². The maximum Gasteiger partial charge on any atom is 0.332 e. The summed E-state index contributed by atoms with van der Waals surface area (Å²) >= 11 is 5.97. The van der Waals surface area contributed by atoms with Crippen molar-refractivity contribution in [2.24, 2.45) is 0 Å². The average Bonchev–Trinajstić information content (AvgIpc) is 3.15. The number of carbonyl (C=O) groups excluding carboxylic acids is 2. The number of para-hydroxylation sites is 1. The molecule has 0 aliphatic heterocycles. The van der Waals surface area contributed by atoms with Crippen LogP contribution in [0.15, 0.2) is 28.2 Å². The fourth-order valence-corrected chi connectivity index (χ4v) is 4.73. The zero-order chi connectivity index (χ0) is 18.7. The summed E-state index contributed by atoms with van der Waals surface area (Å²) in [5, 5.41) is 1.79. The summed E-state index contributed by atoms with van der Waals surface area (Å²) in [4.78, 5) is 39.4. The fourth-order valence-electron chi connectivity index (χ4n) is 2.30. The van der Waals surface area contributed by atoms with E-state index >= 15 is 0 Å². The molecule has 9 heteroatoms. The molecular formula is C17H16BrN3O3S2. The Labute approximate surface area is 166 Å². The van der Waals surface area contributed by atoms with Crippen LogP contribution in [0.4, 0.5) is 0 Å². The summed E-state index contributed by atoms with van der Waals surface area (Å²) in [6, 6.07) is 7.73. The molecule has 3 rings (SSSR count). The standard InChI is InChI=1S/C17H16BrN3O3S2/c1-3-6-14(22)24-21(16(23)15-10(2)19-17(18)26-15)9-13-20-11-7-4-5-8-12(11)25-13/h4-5,7-8H,3,6,9H2,1-2H3. The summed E-state index contributed by atoms with van der Waals surface area (Å²) in [5.41, 5.74) is 1.45. The minimum atomic E-state index is -0.441. The Hall–Kier alpha value is -1.84. The number of carbonyl (C=O) groups is 2. The van der Waals surface area contributed by atoms with Crippen LogP contribution < -0.4 is 0 Å². The molecule has 0 unspecified atom stereocenters. The molecule has 0 fully saturated rings. The number of hydroxylamine groups is 2. The first-order chi connectivity index (χ1) is 12.5. The van der Waals surface area contributed by atoms with Gasteiger partial charge in [-0.1, -0.05) is 19.1 Å². The molecule has 0 N–H and O–H groups in total. The Morgan fingerprint density at radius 1 is 1.23 bits per heavy atom. The summed E-state index contributed by atoms with van der Waals surface area (Å²) in [6.07, 6.45) is 0.891. The van der Waals surface area contributed by atoms with E-state index in [1.165, 1.54) is 22.7 Å². The zero-order valence-electron chi connectivity index (χ0n) is 14.2. The summed E-state index contributed by atoms with van der Waals surface area (Å²) < 4.78 is 1.63. The molecule has 6 nitrogen and oxygen atoms in total. The number of amides is 1. The number of aryl methyl sites for hydroxylation is 1. The van der Waals surface area contributed by atoms with Crippen LogP contribution >= 0.6 is 38.6 Å². The lowest BCUT2D eigenvalue weighted by Crippen LogP contribution is -2.33. The molecule has 1 aromatic carbocycles. The van der Waals surface area contributed by atoms with Crippen molar-refractivity contribution in [2.45, 2.75) is 33.2 Å². The normalized spacial score (nSPS) is 10.9. The number of thiazole rings is 2. The monoisotopic (exact) mass is 453 g/mol. The quantitative estimate of drug-likeness (QED) is 0.522. The molecule has 26 heavy (non-hydrogen) atoms. The minimum Gasteiger partial charge on any atom is -0.337 e. The van der Waals surface area contributed by atoms with E-state index in [9.17, 15) is 9.59 Å². The second-order valence-electron chi connectivity index (χ2n) is 5.51. The summed E-state index contributed by atoms with van der Waals surface area (Å²) in [7, 11) is 0. The lowest BCUT2D eigenvalue weighted by molar-refractivity contribution is -0.180. The van der Waals surface area contributed by atoms with Gasteiger partial charge in [0.15, 0.2) is 3.92 Å². The van der Waals surface area contributed by atoms with Crippen LogP contribution in [0.1, 0.15) is 40.1 Å². The van der Waals surface area contributed by atoms with Gasteiger partial charge in [0.1, 0.15) is 16.4 Å². The van der Waals surface area contributed by atoms with Crippen molar-refractivity contribution in [1.82, 2.24) is 15.0 Å². The molecule has 0 saturated heterocycles.